The fraction of sp³-hybridized carbons (Fsp3) is 0.318. The lowest BCUT2D eigenvalue weighted by Crippen LogP contribution is -2.30. The van der Waals surface area contributed by atoms with Gasteiger partial charge >= 0.3 is 5.97 Å². The van der Waals surface area contributed by atoms with Crippen LogP contribution in [0.5, 0.6) is 0 Å². The van der Waals surface area contributed by atoms with Crippen LogP contribution in [0.3, 0.4) is 0 Å². The first-order chi connectivity index (χ1) is 13.3. The van der Waals surface area contributed by atoms with Crippen molar-refractivity contribution in [2.24, 2.45) is 0 Å². The van der Waals surface area contributed by atoms with E-state index in [-0.39, 0.29) is 18.2 Å². The van der Waals surface area contributed by atoms with Crippen LogP contribution in [-0.2, 0) is 26.2 Å². The SMILES string of the molecule is Cc1cc(C)cc(C2(C(=O)Nc3ccc(CC(=O)NCC(=O)O)cc3)CC2)c1. The first-order valence-electron chi connectivity index (χ1n) is 9.26. The number of carboxylic acids is 1. The monoisotopic (exact) mass is 380 g/mol. The molecule has 0 radical (unpaired) electrons. The number of amides is 2. The molecular weight excluding hydrogens is 356 g/mol. The number of hydrogen-bond donors (Lipinski definition) is 3. The number of carboxylic acid groups (broad SMARTS) is 1. The Morgan fingerprint density at radius 3 is 2.14 bits per heavy atom. The molecule has 0 aromatic heterocycles. The van der Waals surface area contributed by atoms with Gasteiger partial charge in [0.15, 0.2) is 0 Å². The number of nitrogens with one attached hydrogen (secondary N) is 2. The van der Waals surface area contributed by atoms with Gasteiger partial charge in [-0.25, -0.2) is 0 Å². The van der Waals surface area contributed by atoms with E-state index >= 15 is 0 Å². The van der Waals surface area contributed by atoms with Gasteiger partial charge in [0.25, 0.3) is 0 Å². The number of anilines is 1. The summed E-state index contributed by atoms with van der Waals surface area (Å²) in [6.45, 7) is 3.68. The molecule has 1 aliphatic rings. The molecule has 2 aromatic rings. The average molecular weight is 380 g/mol. The van der Waals surface area contributed by atoms with Gasteiger partial charge in [-0.05, 0) is 49.9 Å². The smallest absolute Gasteiger partial charge is 0.322 e. The molecule has 3 N–H and O–H groups in total. The predicted octanol–water partition coefficient (Wildman–Crippen LogP) is 2.72. The highest BCUT2D eigenvalue weighted by molar-refractivity contribution is 6.01. The van der Waals surface area contributed by atoms with Crippen LogP contribution >= 0.6 is 0 Å². The van der Waals surface area contributed by atoms with E-state index < -0.39 is 17.9 Å². The molecule has 3 rings (SSSR count). The zero-order valence-corrected chi connectivity index (χ0v) is 16.0. The molecule has 0 aliphatic heterocycles. The maximum atomic E-state index is 12.9. The second kappa shape index (κ2) is 7.84. The largest absolute Gasteiger partial charge is 0.480 e. The summed E-state index contributed by atoms with van der Waals surface area (Å²) in [5.74, 6) is -1.44. The topological polar surface area (TPSA) is 95.5 Å². The lowest BCUT2D eigenvalue weighted by Gasteiger charge is -2.17. The predicted molar refractivity (Wildman–Crippen MR) is 106 cm³/mol. The fourth-order valence-electron chi connectivity index (χ4n) is 3.40. The molecule has 0 spiro atoms. The summed E-state index contributed by atoms with van der Waals surface area (Å²) in [6, 6.07) is 13.3. The minimum atomic E-state index is -1.08. The van der Waals surface area contributed by atoms with E-state index in [0.717, 1.165) is 35.1 Å². The third-order valence-electron chi connectivity index (χ3n) is 4.97. The van der Waals surface area contributed by atoms with Crippen LogP contribution < -0.4 is 10.6 Å². The quantitative estimate of drug-likeness (QED) is 0.688. The van der Waals surface area contributed by atoms with Gasteiger partial charge in [0.1, 0.15) is 6.54 Å². The van der Waals surface area contributed by atoms with Crippen molar-refractivity contribution in [2.45, 2.75) is 38.5 Å². The maximum absolute atomic E-state index is 12.9. The van der Waals surface area contributed by atoms with Gasteiger partial charge in [0.2, 0.25) is 11.8 Å². The number of rotatable bonds is 7. The molecule has 0 saturated heterocycles. The summed E-state index contributed by atoms with van der Waals surface area (Å²) in [4.78, 5) is 35.1. The van der Waals surface area contributed by atoms with Gasteiger partial charge < -0.3 is 15.7 Å². The second-order valence-electron chi connectivity index (χ2n) is 7.46. The zero-order valence-electron chi connectivity index (χ0n) is 16.0. The Hall–Kier alpha value is -3.15. The second-order valence-corrected chi connectivity index (χ2v) is 7.46. The summed E-state index contributed by atoms with van der Waals surface area (Å²) in [5, 5.41) is 13.9. The molecule has 0 unspecified atom stereocenters. The number of aryl methyl sites for hydroxylation is 2. The molecule has 0 bridgehead atoms. The molecule has 6 nitrogen and oxygen atoms in total. The number of carbonyl (C=O) groups is 3. The van der Waals surface area contributed by atoms with Crippen molar-refractivity contribution >= 4 is 23.5 Å². The average Bonchev–Trinajstić information content (AvgIpc) is 3.43. The van der Waals surface area contributed by atoms with E-state index in [4.69, 9.17) is 5.11 Å². The highest BCUT2D eigenvalue weighted by Gasteiger charge is 2.51. The van der Waals surface area contributed by atoms with Gasteiger partial charge in [0, 0.05) is 5.69 Å². The van der Waals surface area contributed by atoms with Crippen LogP contribution in [0.25, 0.3) is 0 Å². The van der Waals surface area contributed by atoms with Crippen molar-refractivity contribution in [1.82, 2.24) is 5.32 Å². The van der Waals surface area contributed by atoms with E-state index in [1.54, 1.807) is 24.3 Å². The summed E-state index contributed by atoms with van der Waals surface area (Å²) in [6.07, 6.45) is 1.77. The zero-order chi connectivity index (χ0) is 20.3. The van der Waals surface area contributed by atoms with Crippen LogP contribution in [0, 0.1) is 13.8 Å². The van der Waals surface area contributed by atoms with Crippen LogP contribution in [0.4, 0.5) is 5.69 Å². The molecule has 28 heavy (non-hydrogen) atoms. The first kappa shape index (κ1) is 19.6. The minimum Gasteiger partial charge on any atom is -0.480 e. The van der Waals surface area contributed by atoms with Crippen molar-refractivity contribution < 1.29 is 19.5 Å². The Kier molecular flexibility index (Phi) is 5.49. The van der Waals surface area contributed by atoms with E-state index in [0.29, 0.717) is 5.69 Å². The van der Waals surface area contributed by atoms with Gasteiger partial charge in [-0.15, -0.1) is 0 Å². The maximum Gasteiger partial charge on any atom is 0.322 e. The van der Waals surface area contributed by atoms with Crippen LogP contribution in [-0.4, -0.2) is 29.4 Å². The van der Waals surface area contributed by atoms with Crippen molar-refractivity contribution in [3.63, 3.8) is 0 Å². The van der Waals surface area contributed by atoms with E-state index in [2.05, 4.69) is 28.8 Å². The van der Waals surface area contributed by atoms with E-state index in [1.165, 1.54) is 0 Å². The molecule has 0 heterocycles. The molecular formula is C22H24N2O4. The molecule has 1 saturated carbocycles. The number of carbonyl (C=O) groups excluding carboxylic acids is 2. The Balaban J connectivity index is 1.63. The van der Waals surface area contributed by atoms with Crippen molar-refractivity contribution in [3.05, 3.63) is 64.7 Å². The number of hydrogen-bond acceptors (Lipinski definition) is 3. The minimum absolute atomic E-state index is 0.00977. The lowest BCUT2D eigenvalue weighted by atomic mass is 9.92. The van der Waals surface area contributed by atoms with E-state index in [1.807, 2.05) is 13.8 Å². The summed E-state index contributed by atoms with van der Waals surface area (Å²) in [7, 11) is 0. The normalized spacial score (nSPS) is 14.2. The van der Waals surface area contributed by atoms with E-state index in [9.17, 15) is 14.4 Å². The molecule has 6 heteroatoms. The Labute approximate surface area is 164 Å². The molecule has 146 valence electrons. The van der Waals surface area contributed by atoms with Gasteiger partial charge in [-0.2, -0.15) is 0 Å². The Bertz CT molecular complexity index is 894. The van der Waals surface area contributed by atoms with Gasteiger partial charge in [-0.1, -0.05) is 41.5 Å². The Morgan fingerprint density at radius 2 is 1.61 bits per heavy atom. The summed E-state index contributed by atoms with van der Waals surface area (Å²) >= 11 is 0. The van der Waals surface area contributed by atoms with Crippen LogP contribution in [0.1, 0.15) is 35.1 Å². The van der Waals surface area contributed by atoms with Gasteiger partial charge in [-0.3, -0.25) is 14.4 Å². The third kappa shape index (κ3) is 4.57. The molecule has 1 aliphatic carbocycles. The number of aliphatic carboxylic acids is 1. The van der Waals surface area contributed by atoms with Crippen molar-refractivity contribution in [2.75, 3.05) is 11.9 Å². The standard InChI is InChI=1S/C22H24N2O4/c1-14-9-15(2)11-17(10-14)22(7-8-22)21(28)24-18-5-3-16(4-6-18)12-19(25)23-13-20(26)27/h3-6,9-11H,7-8,12-13H2,1-2H3,(H,23,25)(H,24,28)(H,26,27). The van der Waals surface area contributed by atoms with Crippen LogP contribution in [0.15, 0.2) is 42.5 Å². The Morgan fingerprint density at radius 1 is 1.00 bits per heavy atom. The molecule has 1 fully saturated rings. The van der Waals surface area contributed by atoms with Crippen LogP contribution in [0.2, 0.25) is 0 Å². The third-order valence-corrected chi connectivity index (χ3v) is 4.97. The highest BCUT2D eigenvalue weighted by Crippen LogP contribution is 2.49. The first-order valence-corrected chi connectivity index (χ1v) is 9.26. The molecule has 2 amide bonds. The summed E-state index contributed by atoms with van der Waals surface area (Å²) < 4.78 is 0. The molecule has 2 aromatic carbocycles. The highest BCUT2D eigenvalue weighted by atomic mass is 16.4. The van der Waals surface area contributed by atoms with Crippen molar-refractivity contribution in [3.8, 4) is 0 Å². The molecule has 0 atom stereocenters. The lowest BCUT2D eigenvalue weighted by molar-refractivity contribution is -0.137. The van der Waals surface area contributed by atoms with Gasteiger partial charge in [0.05, 0.1) is 11.8 Å². The summed E-state index contributed by atoms with van der Waals surface area (Å²) in [5.41, 5.74) is 4.34. The number of benzene rings is 2. The van der Waals surface area contributed by atoms with Crippen molar-refractivity contribution in [1.29, 1.82) is 0 Å². The fourth-order valence-corrected chi connectivity index (χ4v) is 3.40.